The molecular weight excluding hydrogens is 440 g/mol. The second kappa shape index (κ2) is 10.1. The minimum absolute atomic E-state index is 0.127. The molecule has 1 N–H and O–H groups in total. The molecule has 33 heavy (non-hydrogen) atoms. The zero-order valence-electron chi connectivity index (χ0n) is 18.6. The molecule has 0 unspecified atom stereocenters. The number of fused-ring (bicyclic) bond motifs is 1. The number of carbonyl (C=O) groups excluding carboxylic acids is 3. The molecule has 0 saturated carbocycles. The zero-order valence-corrected chi connectivity index (χ0v) is 19.4. The lowest BCUT2D eigenvalue weighted by Gasteiger charge is -2.13. The first-order chi connectivity index (χ1) is 15.9. The van der Waals surface area contributed by atoms with Crippen molar-refractivity contribution in [2.75, 3.05) is 19.9 Å². The third kappa shape index (κ3) is 5.76. The van der Waals surface area contributed by atoms with Crippen molar-refractivity contribution in [2.45, 2.75) is 26.7 Å². The molecule has 0 aromatic heterocycles. The van der Waals surface area contributed by atoms with E-state index in [-0.39, 0.29) is 43.4 Å². The average molecular weight is 467 g/mol. The summed E-state index contributed by atoms with van der Waals surface area (Å²) in [5, 5.41) is 2.45. The van der Waals surface area contributed by atoms with Crippen molar-refractivity contribution in [2.24, 2.45) is 5.92 Å². The van der Waals surface area contributed by atoms with E-state index < -0.39 is 0 Å². The molecule has 172 valence electrons. The number of nitrogens with one attached hydrogen (secondary N) is 1. The van der Waals surface area contributed by atoms with E-state index in [0.29, 0.717) is 22.3 Å². The first kappa shape index (κ1) is 22.9. The van der Waals surface area contributed by atoms with Gasteiger partial charge in [-0.05, 0) is 59.0 Å². The molecule has 3 amide bonds. The summed E-state index contributed by atoms with van der Waals surface area (Å²) in [4.78, 5) is 38.8. The Balaban J connectivity index is 1.27. The molecule has 0 atom stereocenters. The first-order valence-corrected chi connectivity index (χ1v) is 11.7. The Kier molecular flexibility index (Phi) is 7.03. The van der Waals surface area contributed by atoms with Crippen molar-refractivity contribution < 1.29 is 23.9 Å². The fourth-order valence-corrected chi connectivity index (χ4v) is 4.53. The Labute approximate surface area is 197 Å². The maximum atomic E-state index is 12.7. The fourth-order valence-electron chi connectivity index (χ4n) is 3.67. The number of hydrogen-bond acceptors (Lipinski definition) is 6. The second-order valence-electron chi connectivity index (χ2n) is 8.39. The number of rotatable bonds is 8. The Morgan fingerprint density at radius 2 is 1.82 bits per heavy atom. The Bertz CT molecular complexity index is 1090. The van der Waals surface area contributed by atoms with Gasteiger partial charge in [0, 0.05) is 13.1 Å². The molecule has 0 spiro atoms. The topological polar surface area (TPSA) is 84.9 Å². The van der Waals surface area contributed by atoms with Gasteiger partial charge < -0.3 is 14.8 Å². The summed E-state index contributed by atoms with van der Waals surface area (Å²) in [5.74, 6) is 1.34. The van der Waals surface area contributed by atoms with Crippen LogP contribution in [0.4, 0.5) is 4.79 Å². The molecule has 2 aliphatic rings. The van der Waals surface area contributed by atoms with Crippen molar-refractivity contribution in [1.82, 2.24) is 10.2 Å². The van der Waals surface area contributed by atoms with Crippen LogP contribution in [0.3, 0.4) is 0 Å². The number of amides is 3. The number of nitrogens with zero attached hydrogens (tertiary/aromatic N) is 1. The molecule has 2 aliphatic heterocycles. The first-order valence-electron chi connectivity index (χ1n) is 10.9. The quantitative estimate of drug-likeness (QED) is 0.592. The SMILES string of the molecule is CC(C)Cc1ccc(CC(=O)NCCN2C(=O)SC(=Cc3ccc4c(c3)OCO4)C2=O)cc1. The van der Waals surface area contributed by atoms with Gasteiger partial charge >= 0.3 is 0 Å². The van der Waals surface area contributed by atoms with Gasteiger partial charge in [0.05, 0.1) is 11.3 Å². The Morgan fingerprint density at radius 3 is 2.58 bits per heavy atom. The van der Waals surface area contributed by atoms with Crippen LogP contribution in [0.1, 0.15) is 30.5 Å². The molecule has 2 aromatic carbocycles. The van der Waals surface area contributed by atoms with Gasteiger partial charge in [0.1, 0.15) is 0 Å². The van der Waals surface area contributed by atoms with Crippen molar-refractivity contribution in [3.05, 3.63) is 64.1 Å². The van der Waals surface area contributed by atoms with Gasteiger partial charge in [-0.15, -0.1) is 0 Å². The van der Waals surface area contributed by atoms with Crippen LogP contribution < -0.4 is 14.8 Å². The number of hydrogen-bond donors (Lipinski definition) is 1. The van der Waals surface area contributed by atoms with E-state index in [1.165, 1.54) is 5.56 Å². The van der Waals surface area contributed by atoms with E-state index in [9.17, 15) is 14.4 Å². The highest BCUT2D eigenvalue weighted by molar-refractivity contribution is 8.18. The number of carbonyl (C=O) groups is 3. The Hall–Kier alpha value is -3.26. The molecule has 0 radical (unpaired) electrons. The lowest BCUT2D eigenvalue weighted by Crippen LogP contribution is -2.37. The summed E-state index contributed by atoms with van der Waals surface area (Å²) in [6, 6.07) is 13.4. The van der Waals surface area contributed by atoms with E-state index >= 15 is 0 Å². The summed E-state index contributed by atoms with van der Waals surface area (Å²) < 4.78 is 10.6. The molecular formula is C25H26N2O5S. The monoisotopic (exact) mass is 466 g/mol. The molecule has 4 rings (SSSR count). The van der Waals surface area contributed by atoms with Gasteiger partial charge in [-0.2, -0.15) is 0 Å². The largest absolute Gasteiger partial charge is 0.454 e. The average Bonchev–Trinajstić information content (AvgIpc) is 3.34. The van der Waals surface area contributed by atoms with E-state index in [1.54, 1.807) is 24.3 Å². The summed E-state index contributed by atoms with van der Waals surface area (Å²) in [6.45, 7) is 4.85. The number of benzene rings is 2. The number of imide groups is 1. The maximum absolute atomic E-state index is 12.7. The van der Waals surface area contributed by atoms with E-state index in [0.717, 1.165) is 34.2 Å². The van der Waals surface area contributed by atoms with Crippen LogP contribution in [0.5, 0.6) is 11.5 Å². The summed E-state index contributed by atoms with van der Waals surface area (Å²) >= 11 is 0.890. The molecule has 0 bridgehead atoms. The van der Waals surface area contributed by atoms with Gasteiger partial charge in [-0.3, -0.25) is 19.3 Å². The highest BCUT2D eigenvalue weighted by Crippen LogP contribution is 2.36. The molecule has 2 heterocycles. The number of thioether (sulfide) groups is 1. The molecule has 1 saturated heterocycles. The molecule has 1 fully saturated rings. The van der Waals surface area contributed by atoms with Crippen LogP contribution in [0.2, 0.25) is 0 Å². The lowest BCUT2D eigenvalue weighted by molar-refractivity contribution is -0.124. The van der Waals surface area contributed by atoms with Gasteiger partial charge in [-0.25, -0.2) is 0 Å². The number of ether oxygens (including phenoxy) is 2. The molecule has 7 nitrogen and oxygen atoms in total. The second-order valence-corrected chi connectivity index (χ2v) is 9.38. The lowest BCUT2D eigenvalue weighted by atomic mass is 10.0. The summed E-state index contributed by atoms with van der Waals surface area (Å²) in [6.07, 6.45) is 2.93. The third-order valence-electron chi connectivity index (χ3n) is 5.26. The zero-order chi connectivity index (χ0) is 23.4. The third-order valence-corrected chi connectivity index (χ3v) is 6.16. The van der Waals surface area contributed by atoms with Gasteiger partial charge in [0.25, 0.3) is 11.1 Å². The smallest absolute Gasteiger partial charge is 0.293 e. The van der Waals surface area contributed by atoms with Crippen LogP contribution in [0.25, 0.3) is 6.08 Å². The van der Waals surface area contributed by atoms with Crippen LogP contribution in [-0.2, 0) is 22.4 Å². The van der Waals surface area contributed by atoms with Gasteiger partial charge in [0.15, 0.2) is 11.5 Å². The maximum Gasteiger partial charge on any atom is 0.293 e. The summed E-state index contributed by atoms with van der Waals surface area (Å²) in [5.41, 5.74) is 2.93. The predicted molar refractivity (Wildman–Crippen MR) is 127 cm³/mol. The Morgan fingerprint density at radius 1 is 1.09 bits per heavy atom. The highest BCUT2D eigenvalue weighted by atomic mass is 32.2. The highest BCUT2D eigenvalue weighted by Gasteiger charge is 2.34. The van der Waals surface area contributed by atoms with Gasteiger partial charge in [-0.1, -0.05) is 44.2 Å². The standard InChI is InChI=1S/C25H26N2O5S/c1-16(2)11-17-3-5-18(6-4-17)14-23(28)26-9-10-27-24(29)22(33-25(27)30)13-19-7-8-20-21(12-19)32-15-31-20/h3-8,12-13,16H,9-11,14-15H2,1-2H3,(H,26,28). The van der Waals surface area contributed by atoms with Crippen molar-refractivity contribution in [1.29, 1.82) is 0 Å². The molecule has 0 aliphatic carbocycles. The normalized spacial score (nSPS) is 16.2. The molecule has 2 aromatic rings. The van der Waals surface area contributed by atoms with E-state index in [4.69, 9.17) is 9.47 Å². The van der Waals surface area contributed by atoms with Crippen LogP contribution >= 0.6 is 11.8 Å². The van der Waals surface area contributed by atoms with Crippen molar-refractivity contribution in [3.8, 4) is 11.5 Å². The van der Waals surface area contributed by atoms with E-state index in [1.807, 2.05) is 12.1 Å². The minimum atomic E-state index is -0.363. The predicted octanol–water partition coefficient (Wildman–Crippen LogP) is 4.01. The minimum Gasteiger partial charge on any atom is -0.454 e. The van der Waals surface area contributed by atoms with Crippen molar-refractivity contribution in [3.63, 3.8) is 0 Å². The van der Waals surface area contributed by atoms with Crippen molar-refractivity contribution >= 4 is 34.9 Å². The van der Waals surface area contributed by atoms with Crippen LogP contribution in [0, 0.1) is 5.92 Å². The van der Waals surface area contributed by atoms with Crippen LogP contribution in [0.15, 0.2) is 47.4 Å². The molecule has 8 heteroatoms. The van der Waals surface area contributed by atoms with E-state index in [2.05, 4.69) is 31.3 Å². The fraction of sp³-hybridized carbons (Fsp3) is 0.320. The summed E-state index contributed by atoms with van der Waals surface area (Å²) in [7, 11) is 0. The van der Waals surface area contributed by atoms with Gasteiger partial charge in [0.2, 0.25) is 12.7 Å². The van der Waals surface area contributed by atoms with Crippen LogP contribution in [-0.4, -0.2) is 41.8 Å².